The molecule has 3 atom stereocenters. The lowest BCUT2D eigenvalue weighted by Crippen LogP contribution is -2.48. The molecule has 3 unspecified atom stereocenters. The van der Waals surface area contributed by atoms with Gasteiger partial charge in [0.2, 0.25) is 5.91 Å². The predicted octanol–water partition coefficient (Wildman–Crippen LogP) is 3.16. The van der Waals surface area contributed by atoms with Gasteiger partial charge >= 0.3 is 5.97 Å². The van der Waals surface area contributed by atoms with E-state index in [9.17, 15) is 9.59 Å². The summed E-state index contributed by atoms with van der Waals surface area (Å²) >= 11 is 0. The highest BCUT2D eigenvalue weighted by atomic mass is 16.5. The van der Waals surface area contributed by atoms with Gasteiger partial charge in [0.05, 0.1) is 13.7 Å². The number of benzene rings is 1. The van der Waals surface area contributed by atoms with Crippen molar-refractivity contribution in [1.82, 2.24) is 10.6 Å². The van der Waals surface area contributed by atoms with Crippen LogP contribution in [0.25, 0.3) is 0 Å². The minimum absolute atomic E-state index is 0.0254. The fourth-order valence-electron chi connectivity index (χ4n) is 2.55. The largest absolute Gasteiger partial charge is 0.467 e. The maximum atomic E-state index is 12.2. The summed E-state index contributed by atoms with van der Waals surface area (Å²) in [6.45, 7) is 10.4. The lowest BCUT2D eigenvalue weighted by atomic mass is 9.99. The molecule has 0 aromatic heterocycles. The van der Waals surface area contributed by atoms with Crippen LogP contribution in [0.1, 0.15) is 64.1 Å². The number of amides is 1. The Hall–Kier alpha value is -1.88. The van der Waals surface area contributed by atoms with E-state index < -0.39 is 12.0 Å². The quantitative estimate of drug-likeness (QED) is 0.673. The molecule has 1 aromatic rings. The van der Waals surface area contributed by atoms with Crippen molar-refractivity contribution >= 4 is 11.9 Å². The summed E-state index contributed by atoms with van der Waals surface area (Å²) in [5.74, 6) is -0.0855. The van der Waals surface area contributed by atoms with Gasteiger partial charge in [-0.2, -0.15) is 0 Å². The normalized spacial score (nSPS) is 14.7. The molecular formula is C20H32N2O3. The molecule has 1 amide bonds. The summed E-state index contributed by atoms with van der Waals surface area (Å²) in [5.41, 5.74) is 2.42. The van der Waals surface area contributed by atoms with E-state index in [1.807, 2.05) is 20.8 Å². The molecule has 0 radical (unpaired) electrons. The van der Waals surface area contributed by atoms with E-state index >= 15 is 0 Å². The van der Waals surface area contributed by atoms with Crippen molar-refractivity contribution in [2.24, 2.45) is 5.92 Å². The number of carbonyl (C=O) groups excluding carboxylic acids is 2. The fraction of sp³-hybridized carbons (Fsp3) is 0.600. The average Bonchev–Trinajstić information content (AvgIpc) is 2.62. The van der Waals surface area contributed by atoms with E-state index in [4.69, 9.17) is 4.74 Å². The van der Waals surface area contributed by atoms with Crippen LogP contribution in [0, 0.1) is 5.92 Å². The molecule has 1 aromatic carbocycles. The molecule has 5 heteroatoms. The van der Waals surface area contributed by atoms with Crippen LogP contribution in [-0.4, -0.2) is 31.6 Å². The van der Waals surface area contributed by atoms with Crippen LogP contribution in [0.3, 0.4) is 0 Å². The molecule has 0 spiro atoms. The lowest BCUT2D eigenvalue weighted by Gasteiger charge is -2.22. The molecule has 0 bridgehead atoms. The van der Waals surface area contributed by atoms with Crippen molar-refractivity contribution < 1.29 is 14.3 Å². The van der Waals surface area contributed by atoms with E-state index in [0.717, 1.165) is 12.0 Å². The van der Waals surface area contributed by atoms with E-state index in [2.05, 4.69) is 48.7 Å². The van der Waals surface area contributed by atoms with Crippen molar-refractivity contribution in [3.63, 3.8) is 0 Å². The van der Waals surface area contributed by atoms with E-state index in [-0.39, 0.29) is 24.4 Å². The first-order chi connectivity index (χ1) is 11.8. The highest BCUT2D eigenvalue weighted by Gasteiger charge is 2.26. The second kappa shape index (κ2) is 10.2. The molecular weight excluding hydrogens is 316 g/mol. The number of carbonyl (C=O) groups is 2. The Morgan fingerprint density at radius 3 is 2.08 bits per heavy atom. The molecule has 25 heavy (non-hydrogen) atoms. The summed E-state index contributed by atoms with van der Waals surface area (Å²) in [4.78, 5) is 24.0. The second-order valence-electron chi connectivity index (χ2n) is 6.88. The third-order valence-electron chi connectivity index (χ3n) is 4.66. The zero-order chi connectivity index (χ0) is 19.0. The number of ether oxygens (including phenoxy) is 1. The highest BCUT2D eigenvalue weighted by molar-refractivity contribution is 5.85. The number of methoxy groups -OCH3 is 1. The van der Waals surface area contributed by atoms with Gasteiger partial charge in [0.1, 0.15) is 6.04 Å². The molecule has 0 saturated heterocycles. The Morgan fingerprint density at radius 2 is 1.60 bits per heavy atom. The molecule has 0 aliphatic carbocycles. The standard InChI is InChI=1S/C20H32N2O3/c1-7-14(4)19(20(24)25-6)22-18(23)12-21-15(5)17-10-8-16(9-11-17)13(2)3/h8-11,13-15,19,21H,7,12H2,1-6H3,(H,22,23). The summed E-state index contributed by atoms with van der Waals surface area (Å²) < 4.78 is 4.79. The lowest BCUT2D eigenvalue weighted by molar-refractivity contribution is -0.146. The van der Waals surface area contributed by atoms with Crippen LogP contribution in [0.5, 0.6) is 0 Å². The minimum Gasteiger partial charge on any atom is -0.467 e. The topological polar surface area (TPSA) is 67.4 Å². The number of hydrogen-bond donors (Lipinski definition) is 2. The van der Waals surface area contributed by atoms with Gasteiger partial charge in [0.25, 0.3) is 0 Å². The van der Waals surface area contributed by atoms with Gasteiger partial charge in [0.15, 0.2) is 0 Å². The highest BCUT2D eigenvalue weighted by Crippen LogP contribution is 2.18. The van der Waals surface area contributed by atoms with Gasteiger partial charge in [-0.25, -0.2) is 4.79 Å². The summed E-state index contributed by atoms with van der Waals surface area (Å²) in [7, 11) is 1.34. The van der Waals surface area contributed by atoms with Crippen LogP contribution in [0.4, 0.5) is 0 Å². The van der Waals surface area contributed by atoms with Crippen LogP contribution < -0.4 is 10.6 Å². The zero-order valence-corrected chi connectivity index (χ0v) is 16.3. The number of hydrogen-bond acceptors (Lipinski definition) is 4. The van der Waals surface area contributed by atoms with Gasteiger partial charge in [-0.1, -0.05) is 58.4 Å². The zero-order valence-electron chi connectivity index (χ0n) is 16.3. The third kappa shape index (κ3) is 6.50. The SMILES string of the molecule is CCC(C)C(NC(=O)CNC(C)c1ccc(C(C)C)cc1)C(=O)OC. The first-order valence-electron chi connectivity index (χ1n) is 9.00. The smallest absolute Gasteiger partial charge is 0.328 e. The van der Waals surface area contributed by atoms with Crippen molar-refractivity contribution in [3.05, 3.63) is 35.4 Å². The Bertz CT molecular complexity index is 555. The third-order valence-corrected chi connectivity index (χ3v) is 4.66. The Kier molecular flexibility index (Phi) is 8.62. The van der Waals surface area contributed by atoms with Gasteiger partial charge in [-0.15, -0.1) is 0 Å². The van der Waals surface area contributed by atoms with Crippen molar-refractivity contribution in [3.8, 4) is 0 Å². The maximum Gasteiger partial charge on any atom is 0.328 e. The number of nitrogens with one attached hydrogen (secondary N) is 2. The molecule has 1 rings (SSSR count). The first-order valence-corrected chi connectivity index (χ1v) is 9.00. The summed E-state index contributed by atoms with van der Waals surface area (Å²) in [6, 6.07) is 7.85. The van der Waals surface area contributed by atoms with Crippen molar-refractivity contribution in [2.45, 2.75) is 59.0 Å². The van der Waals surface area contributed by atoms with E-state index in [1.54, 1.807) is 0 Å². The molecule has 5 nitrogen and oxygen atoms in total. The summed E-state index contributed by atoms with van der Waals surface area (Å²) in [5, 5.41) is 5.98. The second-order valence-corrected chi connectivity index (χ2v) is 6.88. The monoisotopic (exact) mass is 348 g/mol. The molecule has 0 aliphatic heterocycles. The van der Waals surface area contributed by atoms with Crippen molar-refractivity contribution in [1.29, 1.82) is 0 Å². The van der Waals surface area contributed by atoms with E-state index in [0.29, 0.717) is 5.92 Å². The summed E-state index contributed by atoms with van der Waals surface area (Å²) in [6.07, 6.45) is 0.784. The maximum absolute atomic E-state index is 12.2. The van der Waals surface area contributed by atoms with Crippen LogP contribution in [-0.2, 0) is 14.3 Å². The molecule has 140 valence electrons. The molecule has 2 N–H and O–H groups in total. The average molecular weight is 348 g/mol. The first kappa shape index (κ1) is 21.2. The van der Waals surface area contributed by atoms with Gasteiger partial charge in [-0.05, 0) is 29.9 Å². The molecule has 0 fully saturated rings. The molecule has 0 aliphatic rings. The van der Waals surface area contributed by atoms with Crippen LogP contribution in [0.2, 0.25) is 0 Å². The number of esters is 1. The van der Waals surface area contributed by atoms with Gasteiger partial charge in [-0.3, -0.25) is 4.79 Å². The molecule has 0 heterocycles. The molecule has 0 saturated carbocycles. The van der Waals surface area contributed by atoms with Crippen LogP contribution in [0.15, 0.2) is 24.3 Å². The van der Waals surface area contributed by atoms with Crippen molar-refractivity contribution in [2.75, 3.05) is 13.7 Å². The minimum atomic E-state index is -0.607. The fourth-order valence-corrected chi connectivity index (χ4v) is 2.55. The van der Waals surface area contributed by atoms with Crippen LogP contribution >= 0.6 is 0 Å². The van der Waals surface area contributed by atoms with Gasteiger partial charge in [0, 0.05) is 6.04 Å². The number of rotatable bonds is 9. The Balaban J connectivity index is 2.57. The van der Waals surface area contributed by atoms with Gasteiger partial charge < -0.3 is 15.4 Å². The van der Waals surface area contributed by atoms with E-state index in [1.165, 1.54) is 12.7 Å². The Morgan fingerprint density at radius 1 is 1.04 bits per heavy atom. The Labute approximate surface area is 151 Å². The predicted molar refractivity (Wildman–Crippen MR) is 100 cm³/mol.